The van der Waals surface area contributed by atoms with Gasteiger partial charge in [0.25, 0.3) is 5.69 Å². The van der Waals surface area contributed by atoms with Gasteiger partial charge in [-0.1, -0.05) is 0 Å². The van der Waals surface area contributed by atoms with Gasteiger partial charge in [-0.05, 0) is 38.8 Å². The van der Waals surface area contributed by atoms with Crippen LogP contribution in [0.5, 0.6) is 0 Å². The summed E-state index contributed by atoms with van der Waals surface area (Å²) in [5.74, 6) is 0. The van der Waals surface area contributed by atoms with Gasteiger partial charge in [0.15, 0.2) is 0 Å². The lowest BCUT2D eigenvalue weighted by atomic mass is 10.1. The maximum absolute atomic E-state index is 12.2. The first-order valence-electron chi connectivity index (χ1n) is 8.32. The van der Waals surface area contributed by atoms with Crippen LogP contribution in [0, 0.1) is 10.1 Å². The third-order valence-electron chi connectivity index (χ3n) is 3.93. The van der Waals surface area contributed by atoms with E-state index in [4.69, 9.17) is 4.74 Å². The maximum Gasteiger partial charge on any atom is 0.410 e. The molecule has 1 aliphatic rings. The fraction of sp³-hybridized carbons (Fsp3) is 0.588. The maximum atomic E-state index is 12.2. The van der Waals surface area contributed by atoms with Crippen LogP contribution in [0.1, 0.15) is 26.3 Å². The first kappa shape index (κ1) is 19.0. The zero-order valence-electron chi connectivity index (χ0n) is 14.9. The van der Waals surface area contributed by atoms with Crippen LogP contribution < -0.4 is 4.90 Å². The van der Waals surface area contributed by atoms with Crippen molar-refractivity contribution in [3.05, 3.63) is 33.9 Å². The summed E-state index contributed by atoms with van der Waals surface area (Å²) >= 11 is 0. The summed E-state index contributed by atoms with van der Waals surface area (Å²) in [4.78, 5) is 26.3. The number of nitro groups is 1. The normalized spacial score (nSPS) is 13.5. The van der Waals surface area contributed by atoms with Crippen LogP contribution in [0.2, 0.25) is 0 Å². The van der Waals surface area contributed by atoms with Crippen LogP contribution in [0.4, 0.5) is 16.2 Å². The third kappa shape index (κ3) is 5.06. The zero-order valence-corrected chi connectivity index (χ0v) is 14.9. The minimum absolute atomic E-state index is 0.0938. The van der Waals surface area contributed by atoms with Gasteiger partial charge in [-0.2, -0.15) is 0 Å². The second-order valence-electron chi connectivity index (χ2n) is 7.00. The van der Waals surface area contributed by atoms with Crippen molar-refractivity contribution in [2.24, 2.45) is 0 Å². The molecule has 0 fully saturated rings. The van der Waals surface area contributed by atoms with Crippen molar-refractivity contribution in [3.8, 4) is 0 Å². The number of benzene rings is 1. The molecule has 0 bridgehead atoms. The lowest BCUT2D eigenvalue weighted by Gasteiger charge is -2.29. The van der Waals surface area contributed by atoms with E-state index in [1.54, 1.807) is 32.9 Å². The van der Waals surface area contributed by atoms with E-state index in [1.807, 2.05) is 0 Å². The third-order valence-corrected chi connectivity index (χ3v) is 3.93. The molecule has 1 heterocycles. The highest BCUT2D eigenvalue weighted by Gasteiger charge is 2.25. The van der Waals surface area contributed by atoms with E-state index in [9.17, 15) is 20.0 Å². The lowest BCUT2D eigenvalue weighted by Crippen LogP contribution is -2.42. The first-order valence-corrected chi connectivity index (χ1v) is 8.32. The minimum atomic E-state index is -0.593. The van der Waals surface area contributed by atoms with Gasteiger partial charge < -0.3 is 19.6 Å². The SMILES string of the molecule is CC(C)(C)OC(=O)N(CCO)CCN1CCc2cc([N+](=O)[O-])ccc21. The number of nitro benzene ring substituents is 1. The molecule has 0 aromatic heterocycles. The van der Waals surface area contributed by atoms with Crippen LogP contribution in [0.25, 0.3) is 0 Å². The molecule has 1 amide bonds. The van der Waals surface area contributed by atoms with Crippen LogP contribution in [-0.2, 0) is 11.2 Å². The molecule has 2 rings (SSSR count). The van der Waals surface area contributed by atoms with Crippen molar-refractivity contribution >= 4 is 17.5 Å². The van der Waals surface area contributed by atoms with E-state index < -0.39 is 16.6 Å². The number of carbonyl (C=O) groups is 1. The molecule has 0 saturated carbocycles. The van der Waals surface area contributed by atoms with Gasteiger partial charge in [-0.25, -0.2) is 4.79 Å². The number of anilines is 1. The summed E-state index contributed by atoms with van der Waals surface area (Å²) in [5, 5.41) is 20.1. The Morgan fingerprint density at radius 2 is 2.12 bits per heavy atom. The molecule has 0 atom stereocenters. The summed E-state index contributed by atoms with van der Waals surface area (Å²) in [6.07, 6.45) is 0.286. The predicted molar refractivity (Wildman–Crippen MR) is 93.9 cm³/mol. The van der Waals surface area contributed by atoms with E-state index in [1.165, 1.54) is 11.0 Å². The standard InChI is InChI=1S/C17H25N3O5/c1-17(2,3)25-16(22)19(10-11-21)9-8-18-7-6-13-12-14(20(23)24)4-5-15(13)18/h4-5,12,21H,6-11H2,1-3H3. The number of ether oxygens (including phenoxy) is 1. The molecule has 0 saturated heterocycles. The summed E-state index contributed by atoms with van der Waals surface area (Å²) in [6.45, 7) is 7.19. The van der Waals surface area contributed by atoms with Crippen molar-refractivity contribution in [1.29, 1.82) is 0 Å². The van der Waals surface area contributed by atoms with E-state index in [-0.39, 0.29) is 18.8 Å². The topological polar surface area (TPSA) is 96.2 Å². The lowest BCUT2D eigenvalue weighted by molar-refractivity contribution is -0.384. The highest BCUT2D eigenvalue weighted by atomic mass is 16.6. The molecule has 0 radical (unpaired) electrons. The van der Waals surface area contributed by atoms with Crippen LogP contribution in [-0.4, -0.2) is 59.4 Å². The van der Waals surface area contributed by atoms with Crippen molar-refractivity contribution in [2.45, 2.75) is 32.8 Å². The molecule has 0 aliphatic carbocycles. The van der Waals surface area contributed by atoms with Crippen molar-refractivity contribution in [1.82, 2.24) is 4.90 Å². The number of carbonyl (C=O) groups excluding carboxylic acids is 1. The molecule has 8 heteroatoms. The highest BCUT2D eigenvalue weighted by Crippen LogP contribution is 2.30. The van der Waals surface area contributed by atoms with Gasteiger partial charge in [-0.3, -0.25) is 10.1 Å². The molecular formula is C17H25N3O5. The van der Waals surface area contributed by atoms with Gasteiger partial charge in [0, 0.05) is 44.0 Å². The van der Waals surface area contributed by atoms with Crippen molar-refractivity contribution in [2.75, 3.05) is 37.7 Å². The Morgan fingerprint density at radius 3 is 2.72 bits per heavy atom. The number of hydrogen-bond acceptors (Lipinski definition) is 6. The molecular weight excluding hydrogens is 326 g/mol. The molecule has 138 valence electrons. The van der Waals surface area contributed by atoms with Gasteiger partial charge in [0.2, 0.25) is 0 Å². The van der Waals surface area contributed by atoms with Crippen LogP contribution in [0.15, 0.2) is 18.2 Å². The van der Waals surface area contributed by atoms with E-state index in [2.05, 4.69) is 4.90 Å². The Hall–Kier alpha value is -2.35. The molecule has 0 spiro atoms. The highest BCUT2D eigenvalue weighted by molar-refractivity contribution is 5.68. The van der Waals surface area contributed by atoms with E-state index in [0.717, 1.165) is 24.2 Å². The fourth-order valence-corrected chi connectivity index (χ4v) is 2.79. The molecule has 1 aliphatic heterocycles. The Labute approximate surface area is 147 Å². The summed E-state index contributed by atoms with van der Waals surface area (Å²) in [5.41, 5.74) is 1.40. The fourth-order valence-electron chi connectivity index (χ4n) is 2.79. The van der Waals surface area contributed by atoms with E-state index in [0.29, 0.717) is 13.1 Å². The predicted octanol–water partition coefficient (Wildman–Crippen LogP) is 2.19. The average molecular weight is 351 g/mol. The molecule has 1 aromatic rings. The van der Waals surface area contributed by atoms with E-state index >= 15 is 0 Å². The average Bonchev–Trinajstić information content (AvgIpc) is 2.91. The number of fused-ring (bicyclic) bond motifs is 1. The monoisotopic (exact) mass is 351 g/mol. The largest absolute Gasteiger partial charge is 0.444 e. The first-order chi connectivity index (χ1) is 11.7. The second kappa shape index (κ2) is 7.69. The van der Waals surface area contributed by atoms with Crippen LogP contribution in [0.3, 0.4) is 0 Å². The number of nitrogens with zero attached hydrogens (tertiary/aromatic N) is 3. The van der Waals surface area contributed by atoms with Gasteiger partial charge in [-0.15, -0.1) is 0 Å². The van der Waals surface area contributed by atoms with Gasteiger partial charge in [0.05, 0.1) is 11.5 Å². The molecule has 8 nitrogen and oxygen atoms in total. The van der Waals surface area contributed by atoms with Gasteiger partial charge >= 0.3 is 6.09 Å². The van der Waals surface area contributed by atoms with Crippen molar-refractivity contribution < 1.29 is 19.6 Å². The minimum Gasteiger partial charge on any atom is -0.444 e. The number of rotatable bonds is 6. The number of hydrogen-bond donors (Lipinski definition) is 1. The second-order valence-corrected chi connectivity index (χ2v) is 7.00. The summed E-state index contributed by atoms with van der Waals surface area (Å²) < 4.78 is 5.36. The number of aliphatic hydroxyl groups excluding tert-OH is 1. The Balaban J connectivity index is 2.01. The zero-order chi connectivity index (χ0) is 18.6. The number of non-ortho nitro benzene ring substituents is 1. The van der Waals surface area contributed by atoms with Crippen molar-refractivity contribution in [3.63, 3.8) is 0 Å². The summed E-state index contributed by atoms with van der Waals surface area (Å²) in [6, 6.07) is 4.86. The number of aliphatic hydroxyl groups is 1. The molecule has 1 N–H and O–H groups in total. The Morgan fingerprint density at radius 1 is 1.40 bits per heavy atom. The number of amides is 1. The molecule has 1 aromatic carbocycles. The smallest absolute Gasteiger partial charge is 0.410 e. The van der Waals surface area contributed by atoms with Crippen LogP contribution >= 0.6 is 0 Å². The molecule has 25 heavy (non-hydrogen) atoms. The Bertz CT molecular complexity index is 642. The summed E-state index contributed by atoms with van der Waals surface area (Å²) in [7, 11) is 0. The Kier molecular flexibility index (Phi) is 5.84. The van der Waals surface area contributed by atoms with Gasteiger partial charge in [0.1, 0.15) is 5.60 Å². The quantitative estimate of drug-likeness (QED) is 0.623. The molecule has 0 unspecified atom stereocenters.